The number of piperidine rings is 1. The van der Waals surface area contributed by atoms with Crippen LogP contribution in [0.15, 0.2) is 28.7 Å². The lowest BCUT2D eigenvalue weighted by Crippen LogP contribution is -2.37. The van der Waals surface area contributed by atoms with E-state index in [0.29, 0.717) is 12.5 Å². The molecule has 0 amide bonds. The van der Waals surface area contributed by atoms with Crippen molar-refractivity contribution in [3.05, 3.63) is 34.3 Å². The third-order valence-electron chi connectivity index (χ3n) is 4.19. The molecule has 1 saturated heterocycles. The quantitative estimate of drug-likeness (QED) is 0.836. The van der Waals surface area contributed by atoms with Gasteiger partial charge >= 0.3 is 0 Å². The third-order valence-corrected chi connectivity index (χ3v) is 4.72. The Kier molecular flexibility index (Phi) is 6.49. The van der Waals surface area contributed by atoms with Crippen molar-refractivity contribution in [3.8, 4) is 0 Å². The first-order chi connectivity index (χ1) is 9.69. The van der Waals surface area contributed by atoms with Crippen LogP contribution in [-0.2, 0) is 0 Å². The monoisotopic (exact) mass is 340 g/mol. The first-order valence-electron chi connectivity index (χ1n) is 7.53. The molecule has 1 heterocycles. The predicted molar refractivity (Wildman–Crippen MR) is 86.6 cm³/mol. The van der Waals surface area contributed by atoms with Crippen LogP contribution in [0, 0.1) is 5.92 Å². The van der Waals surface area contributed by atoms with Crippen LogP contribution in [0.5, 0.6) is 0 Å². The molecule has 0 saturated carbocycles. The zero-order valence-electron chi connectivity index (χ0n) is 12.0. The standard InChI is InChI=1S/C16H25BrN2O/c17-15-5-3-14(4-6-15)16(18)7-10-19-9-1-2-13(12-19)8-11-20/h3-6,13,16,20H,1-2,7-12,18H2. The number of nitrogens with two attached hydrogens (primary N) is 1. The summed E-state index contributed by atoms with van der Waals surface area (Å²) in [6, 6.07) is 8.40. The fourth-order valence-corrected chi connectivity index (χ4v) is 3.24. The highest BCUT2D eigenvalue weighted by Gasteiger charge is 2.19. The molecule has 2 atom stereocenters. The molecule has 1 aliphatic heterocycles. The fourth-order valence-electron chi connectivity index (χ4n) is 2.97. The second kappa shape index (κ2) is 8.13. The summed E-state index contributed by atoms with van der Waals surface area (Å²) in [5, 5.41) is 9.05. The minimum atomic E-state index is 0.112. The molecule has 3 N–H and O–H groups in total. The summed E-state index contributed by atoms with van der Waals surface area (Å²) in [6.07, 6.45) is 4.44. The van der Waals surface area contributed by atoms with E-state index in [1.165, 1.54) is 24.9 Å². The maximum Gasteiger partial charge on any atom is 0.0434 e. The van der Waals surface area contributed by atoms with Crippen molar-refractivity contribution in [1.29, 1.82) is 0 Å². The van der Waals surface area contributed by atoms with E-state index in [1.807, 2.05) is 12.1 Å². The van der Waals surface area contributed by atoms with E-state index in [-0.39, 0.29) is 6.04 Å². The molecule has 2 rings (SSSR count). The fraction of sp³-hybridized carbons (Fsp3) is 0.625. The van der Waals surface area contributed by atoms with Crippen molar-refractivity contribution in [3.63, 3.8) is 0 Å². The number of halogens is 1. The second-order valence-electron chi connectivity index (χ2n) is 5.77. The number of hydrogen-bond acceptors (Lipinski definition) is 3. The topological polar surface area (TPSA) is 49.5 Å². The van der Waals surface area contributed by atoms with E-state index < -0.39 is 0 Å². The molecule has 0 radical (unpaired) electrons. The van der Waals surface area contributed by atoms with Crippen molar-refractivity contribution in [2.75, 3.05) is 26.2 Å². The van der Waals surface area contributed by atoms with E-state index in [1.54, 1.807) is 0 Å². The lowest BCUT2D eigenvalue weighted by molar-refractivity contribution is 0.144. The molecule has 112 valence electrons. The van der Waals surface area contributed by atoms with Crippen molar-refractivity contribution >= 4 is 15.9 Å². The Balaban J connectivity index is 1.78. The Hall–Kier alpha value is -0.420. The van der Waals surface area contributed by atoms with Gasteiger partial charge in [0.25, 0.3) is 0 Å². The molecule has 1 aromatic rings. The van der Waals surface area contributed by atoms with Gasteiger partial charge in [0.2, 0.25) is 0 Å². The zero-order chi connectivity index (χ0) is 14.4. The first-order valence-corrected chi connectivity index (χ1v) is 8.32. The number of nitrogens with zero attached hydrogens (tertiary/aromatic N) is 1. The molecule has 0 bridgehead atoms. The van der Waals surface area contributed by atoms with Gasteiger partial charge in [0.15, 0.2) is 0 Å². The average Bonchev–Trinajstić information content (AvgIpc) is 2.46. The zero-order valence-corrected chi connectivity index (χ0v) is 13.6. The van der Waals surface area contributed by atoms with E-state index in [0.717, 1.165) is 30.4 Å². The Morgan fingerprint density at radius 3 is 2.80 bits per heavy atom. The summed E-state index contributed by atoms with van der Waals surface area (Å²) < 4.78 is 1.09. The lowest BCUT2D eigenvalue weighted by Gasteiger charge is -2.33. The van der Waals surface area contributed by atoms with Crippen LogP contribution in [0.4, 0.5) is 0 Å². The summed E-state index contributed by atoms with van der Waals surface area (Å²) in [6.45, 7) is 3.67. The van der Waals surface area contributed by atoms with Gasteiger partial charge in [-0.25, -0.2) is 0 Å². The van der Waals surface area contributed by atoms with Crippen LogP contribution in [0.25, 0.3) is 0 Å². The summed E-state index contributed by atoms with van der Waals surface area (Å²) in [7, 11) is 0. The Labute approximate surface area is 130 Å². The highest BCUT2D eigenvalue weighted by molar-refractivity contribution is 9.10. The first kappa shape index (κ1) is 16.0. The lowest BCUT2D eigenvalue weighted by atomic mass is 9.94. The number of hydrogen-bond donors (Lipinski definition) is 2. The van der Waals surface area contributed by atoms with Crippen LogP contribution < -0.4 is 5.73 Å². The normalized spacial score (nSPS) is 21.9. The van der Waals surface area contributed by atoms with Crippen LogP contribution in [0.2, 0.25) is 0 Å². The predicted octanol–water partition coefficient (Wildman–Crippen LogP) is 2.93. The smallest absolute Gasteiger partial charge is 0.0434 e. The van der Waals surface area contributed by atoms with Gasteiger partial charge in [0.1, 0.15) is 0 Å². The number of aliphatic hydroxyl groups excluding tert-OH is 1. The Morgan fingerprint density at radius 1 is 1.35 bits per heavy atom. The Morgan fingerprint density at radius 2 is 2.10 bits per heavy atom. The molecular formula is C16H25BrN2O. The van der Waals surface area contributed by atoms with Gasteiger partial charge in [-0.1, -0.05) is 28.1 Å². The third kappa shape index (κ3) is 4.85. The van der Waals surface area contributed by atoms with Gasteiger partial charge in [-0.3, -0.25) is 0 Å². The highest BCUT2D eigenvalue weighted by Crippen LogP contribution is 2.22. The number of rotatable bonds is 6. The minimum absolute atomic E-state index is 0.112. The van der Waals surface area contributed by atoms with Gasteiger partial charge in [0, 0.05) is 23.7 Å². The Bertz CT molecular complexity index is 394. The maximum atomic E-state index is 9.05. The largest absolute Gasteiger partial charge is 0.396 e. The van der Waals surface area contributed by atoms with Gasteiger partial charge in [-0.2, -0.15) is 0 Å². The SMILES string of the molecule is NC(CCN1CCCC(CCO)C1)c1ccc(Br)cc1. The van der Waals surface area contributed by atoms with Crippen LogP contribution in [-0.4, -0.2) is 36.2 Å². The van der Waals surface area contributed by atoms with E-state index in [2.05, 4.69) is 33.0 Å². The second-order valence-corrected chi connectivity index (χ2v) is 6.68. The van der Waals surface area contributed by atoms with Crippen LogP contribution in [0.3, 0.4) is 0 Å². The molecule has 4 heteroatoms. The average molecular weight is 341 g/mol. The van der Waals surface area contributed by atoms with Gasteiger partial charge < -0.3 is 15.7 Å². The molecule has 0 aliphatic carbocycles. The number of likely N-dealkylation sites (tertiary alicyclic amines) is 1. The van der Waals surface area contributed by atoms with Crippen molar-refractivity contribution in [2.45, 2.75) is 31.7 Å². The van der Waals surface area contributed by atoms with Crippen molar-refractivity contribution in [1.82, 2.24) is 4.90 Å². The van der Waals surface area contributed by atoms with E-state index in [9.17, 15) is 0 Å². The number of benzene rings is 1. The highest BCUT2D eigenvalue weighted by atomic mass is 79.9. The molecular weight excluding hydrogens is 316 g/mol. The van der Waals surface area contributed by atoms with Crippen molar-refractivity contribution < 1.29 is 5.11 Å². The van der Waals surface area contributed by atoms with Crippen LogP contribution in [0.1, 0.15) is 37.3 Å². The van der Waals surface area contributed by atoms with Gasteiger partial charge in [-0.05, 0) is 62.4 Å². The van der Waals surface area contributed by atoms with Gasteiger partial charge in [0.05, 0.1) is 0 Å². The van der Waals surface area contributed by atoms with E-state index in [4.69, 9.17) is 10.8 Å². The summed E-state index contributed by atoms with van der Waals surface area (Å²) in [5.74, 6) is 0.664. The van der Waals surface area contributed by atoms with Gasteiger partial charge in [-0.15, -0.1) is 0 Å². The van der Waals surface area contributed by atoms with Crippen molar-refractivity contribution in [2.24, 2.45) is 11.7 Å². The molecule has 3 nitrogen and oxygen atoms in total. The minimum Gasteiger partial charge on any atom is -0.396 e. The summed E-state index contributed by atoms with van der Waals surface area (Å²) >= 11 is 3.45. The molecule has 0 spiro atoms. The maximum absolute atomic E-state index is 9.05. The molecule has 20 heavy (non-hydrogen) atoms. The summed E-state index contributed by atoms with van der Waals surface area (Å²) in [4.78, 5) is 2.50. The molecule has 2 unspecified atom stereocenters. The molecule has 1 fully saturated rings. The van der Waals surface area contributed by atoms with E-state index >= 15 is 0 Å². The molecule has 0 aromatic heterocycles. The number of aliphatic hydroxyl groups is 1. The summed E-state index contributed by atoms with van der Waals surface area (Å²) in [5.41, 5.74) is 7.48. The molecule has 1 aromatic carbocycles. The molecule has 1 aliphatic rings. The van der Waals surface area contributed by atoms with Crippen LogP contribution >= 0.6 is 15.9 Å².